The number of fused-ring (bicyclic) bond motifs is 1. The second-order valence-electron chi connectivity index (χ2n) is 6.53. The summed E-state index contributed by atoms with van der Waals surface area (Å²) in [5.41, 5.74) is 1.58. The molecule has 7 nitrogen and oxygen atoms in total. The molecule has 0 radical (unpaired) electrons. The molecule has 4 rings (SSSR count). The molecule has 138 valence electrons. The maximum atomic E-state index is 12.7. The molecule has 27 heavy (non-hydrogen) atoms. The number of ketones is 1. The molecule has 0 aromatic heterocycles. The lowest BCUT2D eigenvalue weighted by Gasteiger charge is -2.17. The Morgan fingerprint density at radius 1 is 1.11 bits per heavy atom. The van der Waals surface area contributed by atoms with Gasteiger partial charge in [-0.15, -0.1) is 0 Å². The van der Waals surface area contributed by atoms with E-state index < -0.39 is 5.92 Å². The van der Waals surface area contributed by atoms with Crippen molar-refractivity contribution in [1.82, 2.24) is 0 Å². The van der Waals surface area contributed by atoms with E-state index >= 15 is 0 Å². The van der Waals surface area contributed by atoms with Crippen molar-refractivity contribution in [2.24, 2.45) is 5.92 Å². The summed E-state index contributed by atoms with van der Waals surface area (Å²) in [5.74, 6) is 0.191. The van der Waals surface area contributed by atoms with Crippen LogP contribution in [0, 0.1) is 5.92 Å². The minimum Gasteiger partial charge on any atom is -0.454 e. The normalized spacial score (nSPS) is 17.9. The van der Waals surface area contributed by atoms with Gasteiger partial charge in [0.25, 0.3) is 0 Å². The van der Waals surface area contributed by atoms with E-state index in [-0.39, 0.29) is 37.4 Å². The van der Waals surface area contributed by atoms with Crippen molar-refractivity contribution in [2.45, 2.75) is 13.3 Å². The van der Waals surface area contributed by atoms with Gasteiger partial charge in [-0.3, -0.25) is 14.4 Å². The lowest BCUT2D eigenvalue weighted by atomic mass is 10.1. The van der Waals surface area contributed by atoms with Crippen LogP contribution in [0.25, 0.3) is 0 Å². The van der Waals surface area contributed by atoms with Crippen LogP contribution in [0.1, 0.15) is 23.7 Å². The van der Waals surface area contributed by atoms with Gasteiger partial charge in [-0.05, 0) is 31.2 Å². The highest BCUT2D eigenvalue weighted by Gasteiger charge is 2.36. The summed E-state index contributed by atoms with van der Waals surface area (Å²) in [6, 6.07) is 12.1. The Morgan fingerprint density at radius 2 is 1.89 bits per heavy atom. The lowest BCUT2D eigenvalue weighted by molar-refractivity contribution is -0.122. The van der Waals surface area contributed by atoms with E-state index in [0.29, 0.717) is 28.4 Å². The number of nitrogens with zero attached hydrogens (tertiary/aromatic N) is 1. The number of hydrogen-bond donors (Lipinski definition) is 1. The van der Waals surface area contributed by atoms with Crippen LogP contribution in [0.2, 0.25) is 0 Å². The Hall–Kier alpha value is -3.35. The van der Waals surface area contributed by atoms with Crippen LogP contribution in [0.15, 0.2) is 42.5 Å². The molecule has 0 saturated carbocycles. The topological polar surface area (TPSA) is 84.9 Å². The second-order valence-corrected chi connectivity index (χ2v) is 6.53. The van der Waals surface area contributed by atoms with E-state index in [9.17, 15) is 14.4 Å². The number of benzene rings is 2. The zero-order valence-electron chi connectivity index (χ0n) is 14.7. The van der Waals surface area contributed by atoms with Gasteiger partial charge in [-0.2, -0.15) is 0 Å². The van der Waals surface area contributed by atoms with Gasteiger partial charge in [0.2, 0.25) is 18.6 Å². The van der Waals surface area contributed by atoms with Crippen molar-refractivity contribution in [2.75, 3.05) is 23.6 Å². The number of para-hydroxylation sites is 1. The molecule has 1 atom stereocenters. The Kier molecular flexibility index (Phi) is 4.27. The highest BCUT2D eigenvalue weighted by Crippen LogP contribution is 2.37. The Balaban J connectivity index is 1.49. The highest BCUT2D eigenvalue weighted by molar-refractivity contribution is 6.07. The number of hydrogen-bond acceptors (Lipinski definition) is 5. The first-order valence-corrected chi connectivity index (χ1v) is 8.64. The molecule has 7 heteroatoms. The first kappa shape index (κ1) is 17.1. The number of rotatable bonds is 4. The first-order chi connectivity index (χ1) is 13.0. The number of amides is 2. The van der Waals surface area contributed by atoms with Crippen molar-refractivity contribution >= 4 is 29.0 Å². The fourth-order valence-corrected chi connectivity index (χ4v) is 3.32. The third-order valence-electron chi connectivity index (χ3n) is 4.73. The van der Waals surface area contributed by atoms with Gasteiger partial charge < -0.3 is 19.7 Å². The molecule has 0 bridgehead atoms. The molecule has 0 spiro atoms. The van der Waals surface area contributed by atoms with Crippen molar-refractivity contribution < 1.29 is 23.9 Å². The predicted octanol–water partition coefficient (Wildman–Crippen LogP) is 2.61. The average molecular weight is 366 g/mol. The highest BCUT2D eigenvalue weighted by atomic mass is 16.7. The molecule has 1 N–H and O–H groups in total. The maximum Gasteiger partial charge on any atom is 0.231 e. The Labute approximate surface area is 155 Å². The van der Waals surface area contributed by atoms with Gasteiger partial charge >= 0.3 is 0 Å². The monoisotopic (exact) mass is 366 g/mol. The molecule has 1 saturated heterocycles. The van der Waals surface area contributed by atoms with E-state index in [4.69, 9.17) is 9.47 Å². The second kappa shape index (κ2) is 6.75. The average Bonchev–Trinajstić information content (AvgIpc) is 3.27. The van der Waals surface area contributed by atoms with Gasteiger partial charge in [0.05, 0.1) is 11.6 Å². The fourth-order valence-electron chi connectivity index (χ4n) is 3.32. The van der Waals surface area contributed by atoms with Crippen LogP contribution in [0.3, 0.4) is 0 Å². The molecule has 2 aromatic carbocycles. The van der Waals surface area contributed by atoms with Crippen LogP contribution in [-0.4, -0.2) is 30.9 Å². The molecule has 2 aromatic rings. The number of carbonyl (C=O) groups excluding carboxylic acids is 3. The Morgan fingerprint density at radius 3 is 2.70 bits per heavy atom. The van der Waals surface area contributed by atoms with E-state index in [1.807, 2.05) is 0 Å². The van der Waals surface area contributed by atoms with Gasteiger partial charge in [0, 0.05) is 30.3 Å². The number of carbonyl (C=O) groups is 3. The van der Waals surface area contributed by atoms with Gasteiger partial charge in [-0.25, -0.2) is 0 Å². The van der Waals surface area contributed by atoms with Crippen LogP contribution < -0.4 is 19.7 Å². The van der Waals surface area contributed by atoms with Gasteiger partial charge in [-0.1, -0.05) is 12.1 Å². The van der Waals surface area contributed by atoms with Gasteiger partial charge in [0.15, 0.2) is 17.3 Å². The van der Waals surface area contributed by atoms with Crippen molar-refractivity contribution in [1.29, 1.82) is 0 Å². The van der Waals surface area contributed by atoms with E-state index in [1.165, 1.54) is 6.92 Å². The molecular weight excluding hydrogens is 348 g/mol. The van der Waals surface area contributed by atoms with E-state index in [2.05, 4.69) is 5.32 Å². The maximum absolute atomic E-state index is 12.7. The zero-order chi connectivity index (χ0) is 19.0. The number of ether oxygens (including phenoxy) is 2. The number of nitrogens with one attached hydrogen (secondary N) is 1. The fraction of sp³-hybridized carbons (Fsp3) is 0.250. The smallest absolute Gasteiger partial charge is 0.231 e. The zero-order valence-corrected chi connectivity index (χ0v) is 14.7. The summed E-state index contributed by atoms with van der Waals surface area (Å²) in [5, 5.41) is 2.78. The summed E-state index contributed by atoms with van der Waals surface area (Å²) in [4.78, 5) is 38.4. The van der Waals surface area contributed by atoms with Crippen LogP contribution in [-0.2, 0) is 9.59 Å². The summed E-state index contributed by atoms with van der Waals surface area (Å²) in [6.45, 7) is 1.88. The van der Waals surface area contributed by atoms with Crippen LogP contribution in [0.5, 0.6) is 11.5 Å². The summed E-state index contributed by atoms with van der Waals surface area (Å²) in [6.07, 6.45) is 0.114. The standard InChI is InChI=1S/C20H18N2O5/c1-12(23)15-4-2-3-5-16(15)21-20(25)13-8-19(24)22(10-13)14-6-7-17-18(9-14)27-11-26-17/h2-7,9,13H,8,10-11H2,1H3,(H,21,25). The first-order valence-electron chi connectivity index (χ1n) is 8.64. The third kappa shape index (κ3) is 3.23. The molecule has 1 fully saturated rings. The molecular formula is C20H18N2O5. The lowest BCUT2D eigenvalue weighted by Crippen LogP contribution is -2.28. The number of Topliss-reactive ketones (excluding diaryl/α,β-unsaturated/α-hetero) is 1. The molecule has 2 aliphatic rings. The van der Waals surface area contributed by atoms with Crippen molar-refractivity contribution in [3.8, 4) is 11.5 Å². The predicted molar refractivity (Wildman–Crippen MR) is 98.1 cm³/mol. The minimum absolute atomic E-state index is 0.114. The molecule has 2 heterocycles. The SMILES string of the molecule is CC(=O)c1ccccc1NC(=O)C1CC(=O)N(c2ccc3c(c2)OCO3)C1. The quantitative estimate of drug-likeness (QED) is 0.841. The van der Waals surface area contributed by atoms with E-state index in [0.717, 1.165) is 0 Å². The molecule has 2 amide bonds. The van der Waals surface area contributed by atoms with Crippen molar-refractivity contribution in [3.05, 3.63) is 48.0 Å². The Bertz CT molecular complexity index is 940. The van der Waals surface area contributed by atoms with Crippen LogP contribution in [0.4, 0.5) is 11.4 Å². The minimum atomic E-state index is -0.497. The summed E-state index contributed by atoms with van der Waals surface area (Å²) >= 11 is 0. The molecule has 1 unspecified atom stereocenters. The number of anilines is 2. The summed E-state index contributed by atoms with van der Waals surface area (Å²) < 4.78 is 10.6. The van der Waals surface area contributed by atoms with Gasteiger partial charge in [0.1, 0.15) is 0 Å². The molecule has 0 aliphatic carbocycles. The summed E-state index contributed by atoms with van der Waals surface area (Å²) in [7, 11) is 0. The van der Waals surface area contributed by atoms with Crippen molar-refractivity contribution in [3.63, 3.8) is 0 Å². The molecule has 2 aliphatic heterocycles. The largest absolute Gasteiger partial charge is 0.454 e. The third-order valence-corrected chi connectivity index (χ3v) is 4.73. The van der Waals surface area contributed by atoms with Crippen LogP contribution >= 0.6 is 0 Å². The van der Waals surface area contributed by atoms with E-state index in [1.54, 1.807) is 47.4 Å².